The van der Waals surface area contributed by atoms with Crippen LogP contribution in [0.15, 0.2) is 12.2 Å². The largest absolute Gasteiger partial charge is 0.384 e. The lowest BCUT2D eigenvalue weighted by Gasteiger charge is -2.06. The lowest BCUT2D eigenvalue weighted by Crippen LogP contribution is -2.33. The van der Waals surface area contributed by atoms with E-state index in [1.54, 1.807) is 0 Å². The van der Waals surface area contributed by atoms with E-state index in [0.717, 1.165) is 6.42 Å². The molecule has 3 nitrogen and oxygen atoms in total. The van der Waals surface area contributed by atoms with Crippen molar-refractivity contribution in [1.29, 1.82) is 0 Å². The maximum atomic E-state index is 11.2. The summed E-state index contributed by atoms with van der Waals surface area (Å²) in [7, 11) is 0. The molecule has 3 heteroatoms. The van der Waals surface area contributed by atoms with Crippen LogP contribution in [0.5, 0.6) is 0 Å². The van der Waals surface area contributed by atoms with Crippen LogP contribution in [0.4, 0.5) is 0 Å². The molecule has 0 heterocycles. The number of aliphatic hydroxyl groups is 1. The van der Waals surface area contributed by atoms with Crippen LogP contribution < -0.4 is 5.32 Å². The first kappa shape index (κ1) is 27.2. The van der Waals surface area contributed by atoms with E-state index in [9.17, 15) is 4.79 Å². The predicted octanol–water partition coefficient (Wildman–Crippen LogP) is 7.08. The number of hydrogen-bond acceptors (Lipinski definition) is 2. The smallest absolute Gasteiger partial charge is 0.248 e. The van der Waals surface area contributed by atoms with Crippen LogP contribution in [0.25, 0.3) is 0 Å². The quantitative estimate of drug-likeness (QED) is 0.161. The molecule has 0 aliphatic carbocycles. The summed E-state index contributed by atoms with van der Waals surface area (Å²) in [4.78, 5) is 11.2. The van der Waals surface area contributed by atoms with Crippen LogP contribution >= 0.6 is 0 Å². The Balaban J connectivity index is 3.12. The second-order valence-electron chi connectivity index (χ2n) is 8.32. The molecule has 1 amide bonds. The topological polar surface area (TPSA) is 49.3 Å². The lowest BCUT2D eigenvalue weighted by atomic mass is 10.1. The number of carbonyl (C=O) groups is 1. The third kappa shape index (κ3) is 21.5. The summed E-state index contributed by atoms with van der Waals surface area (Å²) in [6.07, 6.45) is 27.8. The van der Waals surface area contributed by atoms with E-state index in [1.807, 2.05) is 0 Å². The van der Waals surface area contributed by atoms with Crippen LogP contribution in [0, 0.1) is 0 Å². The minimum absolute atomic E-state index is 0.256. The minimum Gasteiger partial charge on any atom is -0.384 e. The zero-order valence-corrected chi connectivity index (χ0v) is 19.0. The Hall–Kier alpha value is -0.830. The number of unbranched alkanes of at least 4 members (excludes halogenated alkanes) is 16. The summed E-state index contributed by atoms with van der Waals surface area (Å²) in [6.45, 7) is 4.47. The van der Waals surface area contributed by atoms with Gasteiger partial charge in [0.05, 0.1) is 0 Å². The first-order valence-electron chi connectivity index (χ1n) is 12.3. The highest BCUT2D eigenvalue weighted by Crippen LogP contribution is 2.12. The first-order valence-corrected chi connectivity index (χ1v) is 12.3. The van der Waals surface area contributed by atoms with Crippen LogP contribution in [-0.4, -0.2) is 23.7 Å². The monoisotopic (exact) mass is 395 g/mol. The van der Waals surface area contributed by atoms with Crippen molar-refractivity contribution in [3.05, 3.63) is 12.2 Å². The highest BCUT2D eigenvalue weighted by molar-refractivity contribution is 5.79. The van der Waals surface area contributed by atoms with Gasteiger partial charge in [0.15, 0.2) is 0 Å². The maximum Gasteiger partial charge on any atom is 0.248 e. The molecule has 28 heavy (non-hydrogen) atoms. The fourth-order valence-electron chi connectivity index (χ4n) is 3.44. The fourth-order valence-corrected chi connectivity index (χ4v) is 3.44. The van der Waals surface area contributed by atoms with Gasteiger partial charge in [-0.1, -0.05) is 103 Å². The van der Waals surface area contributed by atoms with E-state index >= 15 is 0 Å². The highest BCUT2D eigenvalue weighted by atomic mass is 16.3. The molecule has 0 spiro atoms. The summed E-state index contributed by atoms with van der Waals surface area (Å²) >= 11 is 0. The van der Waals surface area contributed by atoms with Gasteiger partial charge in [0.2, 0.25) is 5.91 Å². The van der Waals surface area contributed by atoms with Gasteiger partial charge in [-0.2, -0.15) is 0 Å². The standard InChI is InChI=1S/C25H49NO2/c1-3-4-5-6-7-8-9-10-11-12-13-14-15-16-17-18-19-20-21-22-23-26-25(28)24(2)27/h10-11,24,27H,3-9,12-23H2,1-2H3,(H,26,28). The van der Waals surface area contributed by atoms with E-state index < -0.39 is 6.10 Å². The van der Waals surface area contributed by atoms with E-state index in [0.29, 0.717) is 6.54 Å². The van der Waals surface area contributed by atoms with Gasteiger partial charge in [-0.25, -0.2) is 0 Å². The number of aliphatic hydroxyl groups excluding tert-OH is 1. The average molecular weight is 396 g/mol. The molecule has 1 unspecified atom stereocenters. The SMILES string of the molecule is CCCCCCCCC=CCCCCCCCCCCCCNC(=O)C(C)O. The predicted molar refractivity (Wildman–Crippen MR) is 123 cm³/mol. The molecule has 0 aromatic heterocycles. The molecule has 0 aromatic carbocycles. The summed E-state index contributed by atoms with van der Waals surface area (Å²) in [6, 6.07) is 0. The van der Waals surface area contributed by atoms with Gasteiger partial charge in [0.25, 0.3) is 0 Å². The summed E-state index contributed by atoms with van der Waals surface area (Å²) < 4.78 is 0. The molecule has 166 valence electrons. The van der Waals surface area contributed by atoms with Gasteiger partial charge >= 0.3 is 0 Å². The van der Waals surface area contributed by atoms with E-state index in [2.05, 4.69) is 24.4 Å². The number of rotatable bonds is 21. The summed E-state index contributed by atoms with van der Waals surface area (Å²) in [5, 5.41) is 11.8. The zero-order chi connectivity index (χ0) is 20.7. The number of nitrogens with one attached hydrogen (secondary N) is 1. The number of amides is 1. The zero-order valence-electron chi connectivity index (χ0n) is 19.0. The summed E-state index contributed by atoms with van der Waals surface area (Å²) in [5.74, 6) is -0.256. The van der Waals surface area contributed by atoms with Gasteiger partial charge < -0.3 is 10.4 Å². The van der Waals surface area contributed by atoms with Gasteiger partial charge in [-0.05, 0) is 39.0 Å². The molecule has 1 atom stereocenters. The highest BCUT2D eigenvalue weighted by Gasteiger charge is 2.06. The van der Waals surface area contributed by atoms with Crippen LogP contribution in [0.2, 0.25) is 0 Å². The van der Waals surface area contributed by atoms with Crippen molar-refractivity contribution in [3.8, 4) is 0 Å². The van der Waals surface area contributed by atoms with Gasteiger partial charge in [0, 0.05) is 6.54 Å². The Morgan fingerprint density at radius 2 is 1.11 bits per heavy atom. The van der Waals surface area contributed by atoms with Gasteiger partial charge in [0.1, 0.15) is 6.10 Å². The number of allylic oxidation sites excluding steroid dienone is 2. The molecule has 0 saturated heterocycles. The Labute approximate surface area is 175 Å². The Morgan fingerprint density at radius 1 is 0.714 bits per heavy atom. The van der Waals surface area contributed by atoms with E-state index in [4.69, 9.17) is 5.11 Å². The molecule has 0 aliphatic rings. The van der Waals surface area contributed by atoms with E-state index in [1.165, 1.54) is 116 Å². The van der Waals surface area contributed by atoms with Crippen molar-refractivity contribution in [2.45, 2.75) is 136 Å². The second-order valence-corrected chi connectivity index (χ2v) is 8.32. The molecular formula is C25H49NO2. The van der Waals surface area contributed by atoms with Crippen molar-refractivity contribution in [1.82, 2.24) is 5.32 Å². The fraction of sp³-hybridized carbons (Fsp3) is 0.880. The van der Waals surface area contributed by atoms with Gasteiger partial charge in [-0.3, -0.25) is 4.79 Å². The molecular weight excluding hydrogens is 346 g/mol. The summed E-state index contributed by atoms with van der Waals surface area (Å²) in [5.41, 5.74) is 0. The Bertz CT molecular complexity index is 352. The molecule has 2 N–H and O–H groups in total. The first-order chi connectivity index (χ1) is 13.7. The molecule has 0 aromatic rings. The lowest BCUT2D eigenvalue weighted by molar-refractivity contribution is -0.128. The molecule has 0 rings (SSSR count). The Kier molecular flexibility index (Phi) is 21.8. The van der Waals surface area contributed by atoms with Crippen molar-refractivity contribution in [2.24, 2.45) is 0 Å². The van der Waals surface area contributed by atoms with Crippen LogP contribution in [-0.2, 0) is 4.79 Å². The number of hydrogen-bond donors (Lipinski definition) is 2. The van der Waals surface area contributed by atoms with Crippen molar-refractivity contribution < 1.29 is 9.90 Å². The molecule has 0 aliphatic heterocycles. The van der Waals surface area contributed by atoms with Gasteiger partial charge in [-0.15, -0.1) is 0 Å². The molecule has 0 bridgehead atoms. The molecule has 0 radical (unpaired) electrons. The van der Waals surface area contributed by atoms with E-state index in [-0.39, 0.29) is 5.91 Å². The minimum atomic E-state index is -0.888. The van der Waals surface area contributed by atoms with Crippen molar-refractivity contribution >= 4 is 5.91 Å². The second kappa shape index (κ2) is 22.5. The molecule has 0 fully saturated rings. The maximum absolute atomic E-state index is 11.2. The third-order valence-electron chi connectivity index (χ3n) is 5.37. The van der Waals surface area contributed by atoms with Crippen LogP contribution in [0.1, 0.15) is 129 Å². The normalized spacial score (nSPS) is 12.5. The van der Waals surface area contributed by atoms with Crippen LogP contribution in [0.3, 0.4) is 0 Å². The molecule has 0 saturated carbocycles. The number of carbonyl (C=O) groups excluding carboxylic acids is 1. The third-order valence-corrected chi connectivity index (χ3v) is 5.37. The Morgan fingerprint density at radius 3 is 1.54 bits per heavy atom. The van der Waals surface area contributed by atoms with Crippen molar-refractivity contribution in [3.63, 3.8) is 0 Å². The average Bonchev–Trinajstić information content (AvgIpc) is 2.68. The van der Waals surface area contributed by atoms with Crippen molar-refractivity contribution in [2.75, 3.05) is 6.54 Å².